The Morgan fingerprint density at radius 2 is 1.95 bits per heavy atom. The SMILES string of the molecule is CC(C)CN1CCCC(CN=C(N)N2CCCC(C)C2)C1. The number of likely N-dealkylation sites (tertiary alicyclic amines) is 2. The summed E-state index contributed by atoms with van der Waals surface area (Å²) in [5.74, 6) is 2.98. The quantitative estimate of drug-likeness (QED) is 0.640. The molecule has 2 atom stereocenters. The van der Waals surface area contributed by atoms with Gasteiger partial charge in [-0.3, -0.25) is 4.99 Å². The van der Waals surface area contributed by atoms with E-state index in [1.165, 1.54) is 45.3 Å². The van der Waals surface area contributed by atoms with Crippen molar-refractivity contribution in [2.45, 2.75) is 46.5 Å². The van der Waals surface area contributed by atoms with Gasteiger partial charge in [-0.1, -0.05) is 20.8 Å². The summed E-state index contributed by atoms with van der Waals surface area (Å²) in [7, 11) is 0. The Kier molecular flexibility index (Phi) is 6.34. The van der Waals surface area contributed by atoms with Gasteiger partial charge < -0.3 is 15.5 Å². The summed E-state index contributed by atoms with van der Waals surface area (Å²) in [6, 6.07) is 0. The fraction of sp³-hybridized carbons (Fsp3) is 0.941. The van der Waals surface area contributed by atoms with Crippen LogP contribution in [0, 0.1) is 17.8 Å². The number of guanidine groups is 1. The van der Waals surface area contributed by atoms with Gasteiger partial charge in [-0.05, 0) is 50.0 Å². The van der Waals surface area contributed by atoms with E-state index < -0.39 is 0 Å². The summed E-state index contributed by atoms with van der Waals surface area (Å²) < 4.78 is 0. The summed E-state index contributed by atoms with van der Waals surface area (Å²) in [6.45, 7) is 13.7. The average Bonchev–Trinajstić information content (AvgIpc) is 2.44. The van der Waals surface area contributed by atoms with E-state index in [4.69, 9.17) is 10.7 Å². The highest BCUT2D eigenvalue weighted by atomic mass is 15.3. The molecule has 2 heterocycles. The molecule has 0 aromatic heterocycles. The molecule has 2 aliphatic heterocycles. The molecular formula is C17H34N4. The van der Waals surface area contributed by atoms with Crippen LogP contribution in [0.1, 0.15) is 46.5 Å². The van der Waals surface area contributed by atoms with E-state index in [1.807, 2.05) is 0 Å². The Labute approximate surface area is 130 Å². The minimum Gasteiger partial charge on any atom is -0.370 e. The van der Waals surface area contributed by atoms with Crippen LogP contribution in [0.25, 0.3) is 0 Å². The number of nitrogens with zero attached hydrogens (tertiary/aromatic N) is 3. The molecule has 4 heteroatoms. The first-order valence-corrected chi connectivity index (χ1v) is 8.81. The predicted molar refractivity (Wildman–Crippen MR) is 90.5 cm³/mol. The lowest BCUT2D eigenvalue weighted by atomic mass is 9.97. The highest BCUT2D eigenvalue weighted by Crippen LogP contribution is 2.19. The molecule has 4 nitrogen and oxygen atoms in total. The summed E-state index contributed by atoms with van der Waals surface area (Å²) in [5.41, 5.74) is 6.21. The van der Waals surface area contributed by atoms with Gasteiger partial charge in [-0.25, -0.2) is 0 Å². The zero-order valence-corrected chi connectivity index (χ0v) is 14.2. The molecule has 2 rings (SSSR count). The second kappa shape index (κ2) is 8.02. The van der Waals surface area contributed by atoms with Gasteiger partial charge in [0.15, 0.2) is 5.96 Å². The van der Waals surface area contributed by atoms with Crippen molar-refractivity contribution in [3.8, 4) is 0 Å². The number of hydrogen-bond donors (Lipinski definition) is 1. The van der Waals surface area contributed by atoms with E-state index in [2.05, 4.69) is 30.6 Å². The van der Waals surface area contributed by atoms with Crippen LogP contribution in [0.2, 0.25) is 0 Å². The fourth-order valence-corrected chi connectivity index (χ4v) is 3.70. The van der Waals surface area contributed by atoms with E-state index in [1.54, 1.807) is 0 Å². The fourth-order valence-electron chi connectivity index (χ4n) is 3.70. The molecule has 0 amide bonds. The van der Waals surface area contributed by atoms with E-state index in [9.17, 15) is 0 Å². The Morgan fingerprint density at radius 1 is 1.19 bits per heavy atom. The number of aliphatic imine (C=N–C) groups is 1. The molecule has 122 valence electrons. The third-order valence-corrected chi connectivity index (χ3v) is 4.72. The minimum absolute atomic E-state index is 0.693. The van der Waals surface area contributed by atoms with E-state index in [-0.39, 0.29) is 0 Å². The molecule has 0 aromatic carbocycles. The van der Waals surface area contributed by atoms with Crippen molar-refractivity contribution in [2.75, 3.05) is 39.3 Å². The van der Waals surface area contributed by atoms with Gasteiger partial charge in [0.1, 0.15) is 0 Å². The van der Waals surface area contributed by atoms with Gasteiger partial charge in [-0.2, -0.15) is 0 Å². The zero-order valence-electron chi connectivity index (χ0n) is 14.2. The lowest BCUT2D eigenvalue weighted by molar-refractivity contribution is 0.161. The van der Waals surface area contributed by atoms with Gasteiger partial charge >= 0.3 is 0 Å². The summed E-state index contributed by atoms with van der Waals surface area (Å²) in [6.07, 6.45) is 5.20. The monoisotopic (exact) mass is 294 g/mol. The van der Waals surface area contributed by atoms with E-state index in [0.29, 0.717) is 5.92 Å². The van der Waals surface area contributed by atoms with Crippen LogP contribution >= 0.6 is 0 Å². The van der Waals surface area contributed by atoms with Gasteiger partial charge in [0.25, 0.3) is 0 Å². The molecule has 2 saturated heterocycles. The minimum atomic E-state index is 0.693. The van der Waals surface area contributed by atoms with Gasteiger partial charge in [0.05, 0.1) is 0 Å². The van der Waals surface area contributed by atoms with Crippen LogP contribution in [0.5, 0.6) is 0 Å². The topological polar surface area (TPSA) is 44.9 Å². The molecule has 2 unspecified atom stereocenters. The smallest absolute Gasteiger partial charge is 0.191 e. The van der Waals surface area contributed by atoms with Crippen molar-refractivity contribution in [3.63, 3.8) is 0 Å². The second-order valence-electron chi connectivity index (χ2n) is 7.55. The van der Waals surface area contributed by atoms with Crippen LogP contribution in [-0.4, -0.2) is 55.0 Å². The third kappa shape index (κ3) is 5.50. The molecular weight excluding hydrogens is 260 g/mol. The molecule has 0 spiro atoms. The predicted octanol–water partition coefficient (Wildman–Crippen LogP) is 2.40. The lowest BCUT2D eigenvalue weighted by Gasteiger charge is -2.34. The van der Waals surface area contributed by atoms with Crippen LogP contribution < -0.4 is 5.73 Å². The van der Waals surface area contributed by atoms with Crippen LogP contribution in [-0.2, 0) is 0 Å². The molecule has 0 radical (unpaired) electrons. The molecule has 0 aliphatic carbocycles. The maximum atomic E-state index is 6.21. The maximum Gasteiger partial charge on any atom is 0.191 e. The normalized spacial score (nSPS) is 29.1. The summed E-state index contributed by atoms with van der Waals surface area (Å²) in [4.78, 5) is 9.60. The Morgan fingerprint density at radius 3 is 2.67 bits per heavy atom. The number of nitrogens with two attached hydrogens (primary N) is 1. The van der Waals surface area contributed by atoms with Gasteiger partial charge in [-0.15, -0.1) is 0 Å². The second-order valence-corrected chi connectivity index (χ2v) is 7.55. The van der Waals surface area contributed by atoms with Gasteiger partial charge in [0, 0.05) is 32.7 Å². The number of hydrogen-bond acceptors (Lipinski definition) is 2. The third-order valence-electron chi connectivity index (χ3n) is 4.72. The van der Waals surface area contributed by atoms with Crippen molar-refractivity contribution in [3.05, 3.63) is 0 Å². The first-order valence-electron chi connectivity index (χ1n) is 8.81. The Hall–Kier alpha value is -0.770. The van der Waals surface area contributed by atoms with Crippen molar-refractivity contribution in [1.82, 2.24) is 9.80 Å². The van der Waals surface area contributed by atoms with E-state index >= 15 is 0 Å². The Bertz CT molecular complexity index is 340. The molecule has 0 bridgehead atoms. The number of rotatable bonds is 4. The van der Waals surface area contributed by atoms with Crippen molar-refractivity contribution in [2.24, 2.45) is 28.5 Å². The van der Waals surface area contributed by atoms with E-state index in [0.717, 1.165) is 37.4 Å². The highest BCUT2D eigenvalue weighted by Gasteiger charge is 2.21. The molecule has 0 aromatic rings. The van der Waals surface area contributed by atoms with Crippen molar-refractivity contribution >= 4 is 5.96 Å². The standard InChI is InChI=1S/C17H34N4/c1-14(2)11-20-8-5-7-16(13-20)10-19-17(18)21-9-4-6-15(3)12-21/h14-16H,4-13H2,1-3H3,(H2,18,19). The first kappa shape index (κ1) is 16.6. The zero-order chi connectivity index (χ0) is 15.2. The highest BCUT2D eigenvalue weighted by molar-refractivity contribution is 5.78. The van der Waals surface area contributed by atoms with Crippen molar-refractivity contribution in [1.29, 1.82) is 0 Å². The molecule has 2 N–H and O–H groups in total. The molecule has 2 fully saturated rings. The van der Waals surface area contributed by atoms with Crippen LogP contribution in [0.3, 0.4) is 0 Å². The number of piperidine rings is 2. The molecule has 2 aliphatic rings. The average molecular weight is 294 g/mol. The Balaban J connectivity index is 1.79. The van der Waals surface area contributed by atoms with Gasteiger partial charge in [0.2, 0.25) is 0 Å². The first-order chi connectivity index (χ1) is 10.0. The summed E-state index contributed by atoms with van der Waals surface area (Å²) in [5, 5.41) is 0. The summed E-state index contributed by atoms with van der Waals surface area (Å²) >= 11 is 0. The lowest BCUT2D eigenvalue weighted by Crippen LogP contribution is -2.44. The molecule has 21 heavy (non-hydrogen) atoms. The maximum absolute atomic E-state index is 6.21. The molecule has 0 saturated carbocycles. The van der Waals surface area contributed by atoms with Crippen LogP contribution in [0.15, 0.2) is 4.99 Å². The van der Waals surface area contributed by atoms with Crippen molar-refractivity contribution < 1.29 is 0 Å². The largest absolute Gasteiger partial charge is 0.370 e. The van der Waals surface area contributed by atoms with Crippen LogP contribution in [0.4, 0.5) is 0 Å².